The molecule has 1 aromatic heterocycles. The number of halogens is 8. The predicted octanol–water partition coefficient (Wildman–Crippen LogP) is 27.3. The summed E-state index contributed by atoms with van der Waals surface area (Å²) in [5.41, 5.74) is 8.74. The standard InChI is InChI=1S/C11H13N.C11H16.C10H12F2O.2C10H12F2.C10H13F.C10H14O.C10H14.C9H12FN/c1-11(2,3)10-6-4-5-9(7-10)8-12;1-9-6-5-7-10(8-9)11(2,3)4;1-10(2,3)13-9-6-7(11)4-5-8(9)12;1-10(2,3)7-4-8(11)6-9(12)5-7;1-10(2,3)8-6-7(11)4-5-9(8)12;1-10(2,3)8-5-4-6-9(11)7-8;1-10(2,3)11-9-7-5-4-6-8-9;1-10(2,3)9-7-5-4-6-8-9;1-9(2,3)7-4-8(10)6-11-5-7/h4-7H,1-3H3;5-8H,1-4H3;4-6H,1-3H3;2*4-6H,1-3H3;4-7H,1-3H3;4-8H,1-3H3;4-8H,1-3H3;4-6H,1-3H3. The number of hydrogen-bond donors (Lipinski definition) is 0. The predicted molar refractivity (Wildman–Crippen MR) is 417 cm³/mol. The highest BCUT2D eigenvalue weighted by molar-refractivity contribution is 5.36. The summed E-state index contributed by atoms with van der Waals surface area (Å²) in [5.74, 6) is -2.34. The highest BCUT2D eigenvalue weighted by Crippen LogP contribution is 2.29. The number of nitriles is 1. The molecule has 0 N–H and O–H groups in total. The zero-order chi connectivity index (χ0) is 79.3. The first-order chi connectivity index (χ1) is 46.9. The molecule has 0 amide bonds. The van der Waals surface area contributed by atoms with Crippen molar-refractivity contribution < 1.29 is 44.6 Å². The number of aromatic nitrogens is 1. The first-order valence-corrected chi connectivity index (χ1v) is 34.7. The van der Waals surface area contributed by atoms with Crippen LogP contribution in [0.3, 0.4) is 0 Å². The van der Waals surface area contributed by atoms with Gasteiger partial charge in [-0.25, -0.2) is 35.1 Å². The van der Waals surface area contributed by atoms with Gasteiger partial charge in [0.25, 0.3) is 0 Å². The number of aryl methyl sites for hydroxylation is 1. The monoisotopic (exact) mass is 1420 g/mol. The average Bonchev–Trinajstić information content (AvgIpc) is 0.896. The molecule has 9 aromatic rings. The Morgan fingerprint density at radius 3 is 1.04 bits per heavy atom. The maximum Gasteiger partial charge on any atom is 0.165 e. The molecule has 8 aromatic carbocycles. The first kappa shape index (κ1) is 92.5. The Morgan fingerprint density at radius 1 is 0.291 bits per heavy atom. The maximum atomic E-state index is 13.1. The molecule has 0 aliphatic rings. The van der Waals surface area contributed by atoms with Gasteiger partial charge in [0, 0.05) is 18.3 Å². The lowest BCUT2D eigenvalue weighted by atomic mass is 9.86. The van der Waals surface area contributed by atoms with Gasteiger partial charge in [0.05, 0.1) is 17.8 Å². The van der Waals surface area contributed by atoms with E-state index >= 15 is 0 Å². The van der Waals surface area contributed by atoms with E-state index < -0.39 is 28.9 Å². The minimum atomic E-state index is -0.545. The van der Waals surface area contributed by atoms with E-state index in [-0.39, 0.29) is 67.1 Å². The summed E-state index contributed by atoms with van der Waals surface area (Å²) in [7, 11) is 0. The summed E-state index contributed by atoms with van der Waals surface area (Å²) in [4.78, 5) is 3.78. The van der Waals surface area contributed by atoms with E-state index in [1.54, 1.807) is 39.1 Å². The van der Waals surface area contributed by atoms with Crippen molar-refractivity contribution in [3.05, 3.63) is 303 Å². The first-order valence-electron chi connectivity index (χ1n) is 34.7. The highest BCUT2D eigenvalue weighted by Gasteiger charge is 2.21. The number of rotatable bonds is 2. The van der Waals surface area contributed by atoms with Crippen LogP contribution in [0.2, 0.25) is 0 Å². The summed E-state index contributed by atoms with van der Waals surface area (Å²) < 4.78 is 113. The van der Waals surface area contributed by atoms with Gasteiger partial charge in [0.2, 0.25) is 0 Å². The molecule has 0 spiro atoms. The van der Waals surface area contributed by atoms with Crippen molar-refractivity contribution in [2.75, 3.05) is 0 Å². The zero-order valence-electron chi connectivity index (χ0n) is 66.9. The van der Waals surface area contributed by atoms with E-state index in [2.05, 4.69) is 162 Å². The van der Waals surface area contributed by atoms with Gasteiger partial charge in [0.15, 0.2) is 11.6 Å². The van der Waals surface area contributed by atoms with E-state index in [1.165, 1.54) is 58.8 Å². The third kappa shape index (κ3) is 40.2. The molecule has 0 fully saturated rings. The average molecular weight is 1420 g/mol. The van der Waals surface area contributed by atoms with Gasteiger partial charge in [-0.05, 0) is 210 Å². The number of pyridine rings is 1. The number of hydrogen-bond acceptors (Lipinski definition) is 4. The fraction of sp³-hybridized carbons (Fsp3) is 0.407. The van der Waals surface area contributed by atoms with Crippen LogP contribution in [0.1, 0.15) is 237 Å². The van der Waals surface area contributed by atoms with Crippen molar-refractivity contribution in [3.63, 3.8) is 0 Å². The third-order valence-corrected chi connectivity index (χ3v) is 14.6. The molecule has 12 heteroatoms. The van der Waals surface area contributed by atoms with Gasteiger partial charge in [-0.2, -0.15) is 5.26 Å². The van der Waals surface area contributed by atoms with Crippen molar-refractivity contribution in [2.24, 2.45) is 0 Å². The quantitative estimate of drug-likeness (QED) is 0.162. The van der Waals surface area contributed by atoms with Crippen LogP contribution in [0.15, 0.2) is 207 Å². The van der Waals surface area contributed by atoms with Crippen LogP contribution in [0.5, 0.6) is 11.5 Å². The molecular weight excluding hydrogens is 1300 g/mol. The van der Waals surface area contributed by atoms with E-state index in [9.17, 15) is 35.1 Å². The summed E-state index contributed by atoms with van der Waals surface area (Å²) in [6.07, 6.45) is 2.92. The Balaban J connectivity index is 0.000000580. The van der Waals surface area contributed by atoms with E-state index in [0.717, 1.165) is 58.8 Å². The largest absolute Gasteiger partial charge is 0.488 e. The molecule has 0 bridgehead atoms. The Hall–Kier alpha value is -8.56. The molecule has 103 heavy (non-hydrogen) atoms. The van der Waals surface area contributed by atoms with Crippen LogP contribution in [0.25, 0.3) is 0 Å². The number of benzene rings is 8. The van der Waals surface area contributed by atoms with Crippen LogP contribution >= 0.6 is 0 Å². The molecule has 0 atom stereocenters. The zero-order valence-corrected chi connectivity index (χ0v) is 66.9. The fourth-order valence-corrected chi connectivity index (χ4v) is 8.67. The second-order valence-electron chi connectivity index (χ2n) is 34.2. The van der Waals surface area contributed by atoms with Crippen molar-refractivity contribution in [1.29, 1.82) is 5.26 Å². The summed E-state index contributed by atoms with van der Waals surface area (Å²) >= 11 is 0. The van der Waals surface area contributed by atoms with Gasteiger partial charge in [-0.15, -0.1) is 0 Å². The molecule has 0 unspecified atom stereocenters. The lowest BCUT2D eigenvalue weighted by Crippen LogP contribution is -2.23. The van der Waals surface area contributed by atoms with Gasteiger partial charge in [-0.3, -0.25) is 4.98 Å². The normalized spacial score (nSPS) is 11.5. The van der Waals surface area contributed by atoms with E-state index in [0.29, 0.717) is 16.5 Å². The molecule has 0 saturated heterocycles. The summed E-state index contributed by atoms with van der Waals surface area (Å²) in [6.45, 7) is 57.0. The van der Waals surface area contributed by atoms with Crippen molar-refractivity contribution in [1.82, 2.24) is 4.98 Å². The Kier molecular flexibility index (Phi) is 36.3. The summed E-state index contributed by atoms with van der Waals surface area (Å²) in [5, 5.41) is 8.68. The fourth-order valence-electron chi connectivity index (χ4n) is 8.67. The van der Waals surface area contributed by atoms with E-state index in [1.807, 2.05) is 138 Å². The maximum absolute atomic E-state index is 13.1. The lowest BCUT2D eigenvalue weighted by Gasteiger charge is -2.21. The van der Waals surface area contributed by atoms with Crippen LogP contribution in [0.4, 0.5) is 35.1 Å². The molecule has 0 radical (unpaired) electrons. The molecule has 4 nitrogen and oxygen atoms in total. The van der Waals surface area contributed by atoms with Crippen molar-refractivity contribution in [3.8, 4) is 17.6 Å². The minimum absolute atomic E-state index is 0.0188. The van der Waals surface area contributed by atoms with Gasteiger partial charge in [0.1, 0.15) is 57.7 Å². The van der Waals surface area contributed by atoms with Crippen molar-refractivity contribution in [2.45, 2.75) is 243 Å². The highest BCUT2D eigenvalue weighted by atomic mass is 19.2. The molecule has 560 valence electrons. The smallest absolute Gasteiger partial charge is 0.165 e. The molecular formula is C91H118F8N2O2. The summed E-state index contributed by atoms with van der Waals surface area (Å²) in [6, 6.07) is 57.6. The minimum Gasteiger partial charge on any atom is -0.488 e. The number of para-hydroxylation sites is 1. The molecule has 0 aliphatic carbocycles. The molecule has 1 heterocycles. The van der Waals surface area contributed by atoms with Gasteiger partial charge >= 0.3 is 0 Å². The van der Waals surface area contributed by atoms with E-state index in [4.69, 9.17) is 14.7 Å². The third-order valence-electron chi connectivity index (χ3n) is 14.6. The Bertz CT molecular complexity index is 3830. The van der Waals surface area contributed by atoms with Crippen molar-refractivity contribution >= 4 is 0 Å². The Morgan fingerprint density at radius 2 is 0.670 bits per heavy atom. The SMILES string of the molecule is CC(C)(C)Oc1cc(F)ccc1F.CC(C)(C)Oc1ccccc1.CC(C)(C)c1cc(F)cc(F)c1.CC(C)(C)c1cc(F)ccc1F.CC(C)(C)c1cccc(C#N)c1.CC(C)(C)c1cccc(F)c1.CC(C)(C)c1ccccc1.CC(C)(C)c1cncc(F)c1.Cc1cccc(C(C)(C)C)c1. The topological polar surface area (TPSA) is 55.1 Å². The second kappa shape index (κ2) is 40.5. The Labute approximate surface area is 615 Å². The van der Waals surface area contributed by atoms with Gasteiger partial charge < -0.3 is 9.47 Å². The van der Waals surface area contributed by atoms with Crippen LogP contribution < -0.4 is 9.47 Å². The molecule has 9 rings (SSSR count). The van der Waals surface area contributed by atoms with Crippen LogP contribution in [0, 0.1) is 64.8 Å². The number of ether oxygens (including phenoxy) is 2. The van der Waals surface area contributed by atoms with Crippen LogP contribution in [-0.2, 0) is 37.9 Å². The second-order valence-corrected chi connectivity index (χ2v) is 34.2. The number of nitrogens with zero attached hydrogens (tertiary/aromatic N) is 2. The van der Waals surface area contributed by atoms with Crippen LogP contribution in [-0.4, -0.2) is 16.2 Å². The lowest BCUT2D eigenvalue weighted by molar-refractivity contribution is 0.124. The molecule has 0 saturated carbocycles. The van der Waals surface area contributed by atoms with Gasteiger partial charge in [-0.1, -0.05) is 248 Å². The molecule has 0 aliphatic heterocycles.